The van der Waals surface area contributed by atoms with E-state index in [1.165, 1.54) is 4.90 Å². The van der Waals surface area contributed by atoms with Gasteiger partial charge in [-0.05, 0) is 17.7 Å². The Morgan fingerprint density at radius 3 is 2.52 bits per heavy atom. The van der Waals surface area contributed by atoms with Crippen molar-refractivity contribution >= 4 is 17.7 Å². The predicted molar refractivity (Wildman–Crippen MR) is 77.7 cm³/mol. The van der Waals surface area contributed by atoms with E-state index in [2.05, 4.69) is 0 Å². The Kier molecular flexibility index (Phi) is 3.21. The predicted octanol–water partition coefficient (Wildman–Crippen LogP) is 0.318. The van der Waals surface area contributed by atoms with Crippen LogP contribution in [0.25, 0.3) is 0 Å². The molecule has 2 fully saturated rings. The molecule has 3 heterocycles. The van der Waals surface area contributed by atoms with Gasteiger partial charge in [-0.15, -0.1) is 0 Å². The molecule has 0 bridgehead atoms. The fraction of sp³-hybridized carbons (Fsp3) is 0.438. The summed E-state index contributed by atoms with van der Waals surface area (Å²) in [5.41, 5.74) is 0.857. The molecule has 0 radical (unpaired) electrons. The molecule has 0 aliphatic carbocycles. The van der Waals surface area contributed by atoms with Crippen LogP contribution in [0.2, 0.25) is 0 Å². The Labute approximate surface area is 132 Å². The lowest BCUT2D eigenvalue weighted by atomic mass is 10.0. The molecule has 7 heteroatoms. The van der Waals surface area contributed by atoms with Crippen LogP contribution in [0.4, 0.5) is 0 Å². The molecule has 7 nitrogen and oxygen atoms in total. The van der Waals surface area contributed by atoms with E-state index >= 15 is 0 Å². The minimum atomic E-state index is -0.154. The van der Waals surface area contributed by atoms with E-state index in [4.69, 9.17) is 9.47 Å². The molecule has 2 saturated heterocycles. The second-order valence-electron chi connectivity index (χ2n) is 5.97. The van der Waals surface area contributed by atoms with Gasteiger partial charge in [0.05, 0.1) is 12.5 Å². The van der Waals surface area contributed by atoms with Crippen LogP contribution >= 0.6 is 0 Å². The molecule has 1 aromatic carbocycles. The summed E-state index contributed by atoms with van der Waals surface area (Å²) in [7, 11) is 0. The van der Waals surface area contributed by atoms with Crippen molar-refractivity contribution in [2.24, 2.45) is 0 Å². The van der Waals surface area contributed by atoms with Crippen molar-refractivity contribution in [2.45, 2.75) is 25.3 Å². The van der Waals surface area contributed by atoms with Gasteiger partial charge in [0.1, 0.15) is 0 Å². The Hall–Kier alpha value is -2.57. The summed E-state index contributed by atoms with van der Waals surface area (Å²) in [6.45, 7) is 1.07. The van der Waals surface area contributed by atoms with Gasteiger partial charge in [-0.25, -0.2) is 0 Å². The van der Waals surface area contributed by atoms with Gasteiger partial charge in [0.25, 0.3) is 0 Å². The number of likely N-dealkylation sites (tertiary alicyclic amines) is 2. The van der Waals surface area contributed by atoms with Gasteiger partial charge in [-0.3, -0.25) is 19.3 Å². The molecule has 0 saturated carbocycles. The van der Waals surface area contributed by atoms with E-state index in [9.17, 15) is 14.4 Å². The molecule has 1 aromatic rings. The highest BCUT2D eigenvalue weighted by atomic mass is 16.7. The second-order valence-corrected chi connectivity index (χ2v) is 5.97. The van der Waals surface area contributed by atoms with Crippen molar-refractivity contribution in [3.8, 4) is 11.5 Å². The van der Waals surface area contributed by atoms with E-state index in [1.54, 1.807) is 11.0 Å². The molecule has 3 aliphatic rings. The lowest BCUT2D eigenvalue weighted by Gasteiger charge is -2.43. The van der Waals surface area contributed by atoms with Crippen LogP contribution in [0.3, 0.4) is 0 Å². The van der Waals surface area contributed by atoms with Crippen molar-refractivity contribution in [1.29, 1.82) is 0 Å². The Morgan fingerprint density at radius 2 is 1.78 bits per heavy atom. The highest BCUT2D eigenvalue weighted by Crippen LogP contribution is 2.33. The number of ether oxygens (including phenoxy) is 2. The van der Waals surface area contributed by atoms with E-state index in [-0.39, 0.29) is 37.0 Å². The third-order valence-electron chi connectivity index (χ3n) is 4.46. The van der Waals surface area contributed by atoms with Crippen molar-refractivity contribution in [2.75, 3.05) is 19.9 Å². The molecule has 3 aliphatic heterocycles. The molecule has 0 N–H and O–H groups in total. The van der Waals surface area contributed by atoms with Gasteiger partial charge in [0, 0.05) is 25.9 Å². The van der Waals surface area contributed by atoms with Crippen LogP contribution in [-0.4, -0.2) is 53.4 Å². The van der Waals surface area contributed by atoms with Gasteiger partial charge in [-0.2, -0.15) is 0 Å². The third kappa shape index (κ3) is 2.42. The number of benzene rings is 1. The summed E-state index contributed by atoms with van der Waals surface area (Å²) in [5, 5.41) is 0. The highest BCUT2D eigenvalue weighted by Gasteiger charge is 2.42. The zero-order chi connectivity index (χ0) is 16.0. The SMILES string of the molecule is O=C(Cc1ccc2c(c1)OCO2)N1CC(N2C(=O)CCC2=O)C1. The third-order valence-corrected chi connectivity index (χ3v) is 4.46. The van der Waals surface area contributed by atoms with E-state index in [1.807, 2.05) is 12.1 Å². The number of carbonyl (C=O) groups is 3. The zero-order valence-corrected chi connectivity index (χ0v) is 12.5. The zero-order valence-electron chi connectivity index (χ0n) is 12.5. The van der Waals surface area contributed by atoms with Crippen molar-refractivity contribution in [3.63, 3.8) is 0 Å². The summed E-state index contributed by atoms with van der Waals surface area (Å²) >= 11 is 0. The lowest BCUT2D eigenvalue weighted by molar-refractivity contribution is -0.151. The first-order valence-corrected chi connectivity index (χ1v) is 7.63. The monoisotopic (exact) mass is 316 g/mol. The minimum absolute atomic E-state index is 0.0146. The van der Waals surface area contributed by atoms with Crippen LogP contribution in [0.15, 0.2) is 18.2 Å². The largest absolute Gasteiger partial charge is 0.454 e. The summed E-state index contributed by atoms with van der Waals surface area (Å²) < 4.78 is 10.5. The Bertz CT molecular complexity index is 680. The Morgan fingerprint density at radius 1 is 1.09 bits per heavy atom. The standard InChI is InChI=1S/C16H16N2O5/c19-14-3-4-15(20)18(14)11-7-17(8-11)16(21)6-10-1-2-12-13(5-10)23-9-22-12/h1-2,5,11H,3-4,6-9H2. The number of fused-ring (bicyclic) bond motifs is 1. The molecule has 0 atom stereocenters. The molecule has 23 heavy (non-hydrogen) atoms. The van der Waals surface area contributed by atoms with E-state index in [0.29, 0.717) is 37.4 Å². The number of carbonyl (C=O) groups excluding carboxylic acids is 3. The number of rotatable bonds is 3. The maximum Gasteiger partial charge on any atom is 0.231 e. The van der Waals surface area contributed by atoms with Crippen molar-refractivity contribution < 1.29 is 23.9 Å². The summed E-state index contributed by atoms with van der Waals surface area (Å²) in [6.07, 6.45) is 0.853. The molecule has 0 aromatic heterocycles. The average Bonchev–Trinajstić information content (AvgIpc) is 3.06. The number of nitrogens with zero attached hydrogens (tertiary/aromatic N) is 2. The van der Waals surface area contributed by atoms with Crippen molar-refractivity contribution in [3.05, 3.63) is 23.8 Å². The maximum atomic E-state index is 12.3. The first-order chi connectivity index (χ1) is 11.1. The molecular formula is C16H16N2O5. The topological polar surface area (TPSA) is 76.2 Å². The second kappa shape index (κ2) is 5.26. The summed E-state index contributed by atoms with van der Waals surface area (Å²) in [5.74, 6) is 1.09. The molecule has 4 rings (SSSR count). The highest BCUT2D eigenvalue weighted by molar-refractivity contribution is 6.02. The fourth-order valence-electron chi connectivity index (χ4n) is 3.16. The normalized spacial score (nSPS) is 20.2. The maximum absolute atomic E-state index is 12.3. The van der Waals surface area contributed by atoms with Gasteiger partial charge >= 0.3 is 0 Å². The number of hydrogen-bond acceptors (Lipinski definition) is 5. The van der Waals surface area contributed by atoms with Crippen LogP contribution < -0.4 is 9.47 Å². The van der Waals surface area contributed by atoms with E-state index < -0.39 is 0 Å². The van der Waals surface area contributed by atoms with Crippen LogP contribution in [-0.2, 0) is 20.8 Å². The number of hydrogen-bond donors (Lipinski definition) is 0. The van der Waals surface area contributed by atoms with E-state index in [0.717, 1.165) is 5.56 Å². The van der Waals surface area contributed by atoms with Crippen LogP contribution in [0.5, 0.6) is 11.5 Å². The van der Waals surface area contributed by atoms with Gasteiger partial charge in [-0.1, -0.05) is 6.07 Å². The van der Waals surface area contributed by atoms with Crippen LogP contribution in [0, 0.1) is 0 Å². The smallest absolute Gasteiger partial charge is 0.231 e. The summed E-state index contributed by atoms with van der Waals surface area (Å²) in [6, 6.07) is 5.30. The first kappa shape index (κ1) is 14.0. The number of amides is 3. The molecule has 0 unspecified atom stereocenters. The minimum Gasteiger partial charge on any atom is -0.454 e. The first-order valence-electron chi connectivity index (χ1n) is 7.63. The molecule has 3 amide bonds. The van der Waals surface area contributed by atoms with Gasteiger partial charge < -0.3 is 14.4 Å². The van der Waals surface area contributed by atoms with Crippen molar-refractivity contribution in [1.82, 2.24) is 9.80 Å². The molecular weight excluding hydrogens is 300 g/mol. The lowest BCUT2D eigenvalue weighted by Crippen LogP contribution is -2.62. The fourth-order valence-corrected chi connectivity index (χ4v) is 3.16. The van der Waals surface area contributed by atoms with Gasteiger partial charge in [0.15, 0.2) is 11.5 Å². The quantitative estimate of drug-likeness (QED) is 0.751. The summed E-state index contributed by atoms with van der Waals surface area (Å²) in [4.78, 5) is 38.6. The van der Waals surface area contributed by atoms with Crippen LogP contribution in [0.1, 0.15) is 18.4 Å². The van der Waals surface area contributed by atoms with Gasteiger partial charge in [0.2, 0.25) is 24.5 Å². The number of imide groups is 1. The molecule has 120 valence electrons. The molecule has 0 spiro atoms. The Balaban J connectivity index is 1.35. The average molecular weight is 316 g/mol.